The first-order chi connectivity index (χ1) is 11.5. The third-order valence-electron chi connectivity index (χ3n) is 4.25. The van der Waals surface area contributed by atoms with Crippen LogP contribution < -0.4 is 14.8 Å². The third kappa shape index (κ3) is 6.10. The minimum absolute atomic E-state index is 0. The van der Waals surface area contributed by atoms with Gasteiger partial charge < -0.3 is 14.8 Å². The monoisotopic (exact) mass is 383 g/mol. The highest BCUT2D eigenvalue weighted by atomic mass is 35.5. The van der Waals surface area contributed by atoms with Crippen molar-refractivity contribution in [3.05, 3.63) is 58.6 Å². The molecule has 0 bridgehead atoms. The minimum atomic E-state index is 0. The SMILES string of the molecule is CCC(C)(C)NCc1cccc(OC)c1OCc1ccccc1Cl.Cl. The summed E-state index contributed by atoms with van der Waals surface area (Å²) < 4.78 is 11.6. The lowest BCUT2D eigenvalue weighted by atomic mass is 10.0. The first-order valence-corrected chi connectivity index (χ1v) is 8.61. The van der Waals surface area contributed by atoms with Crippen molar-refractivity contribution in [2.45, 2.75) is 45.9 Å². The fraction of sp³-hybridized carbons (Fsp3) is 0.400. The lowest BCUT2D eigenvalue weighted by Gasteiger charge is -2.25. The summed E-state index contributed by atoms with van der Waals surface area (Å²) in [7, 11) is 1.66. The van der Waals surface area contributed by atoms with E-state index in [4.69, 9.17) is 21.1 Å². The molecule has 0 aliphatic carbocycles. The Hall–Kier alpha value is -1.42. The van der Waals surface area contributed by atoms with Crippen LogP contribution in [0.4, 0.5) is 0 Å². The van der Waals surface area contributed by atoms with E-state index in [2.05, 4.69) is 32.2 Å². The van der Waals surface area contributed by atoms with Crippen LogP contribution in [0.1, 0.15) is 38.3 Å². The van der Waals surface area contributed by atoms with Gasteiger partial charge in [0.2, 0.25) is 0 Å². The van der Waals surface area contributed by atoms with Crippen LogP contribution in [0.3, 0.4) is 0 Å². The van der Waals surface area contributed by atoms with Gasteiger partial charge in [-0.25, -0.2) is 0 Å². The molecule has 0 aromatic heterocycles. The van der Waals surface area contributed by atoms with Gasteiger partial charge in [0.25, 0.3) is 0 Å². The van der Waals surface area contributed by atoms with Crippen LogP contribution in [-0.2, 0) is 13.2 Å². The first-order valence-electron chi connectivity index (χ1n) is 8.24. The van der Waals surface area contributed by atoms with Gasteiger partial charge in [-0.05, 0) is 32.4 Å². The highest BCUT2D eigenvalue weighted by Crippen LogP contribution is 2.32. The van der Waals surface area contributed by atoms with Crippen molar-refractivity contribution in [3.63, 3.8) is 0 Å². The first kappa shape index (κ1) is 21.6. The summed E-state index contributed by atoms with van der Waals surface area (Å²) in [5, 5.41) is 4.27. The summed E-state index contributed by atoms with van der Waals surface area (Å²) in [5.41, 5.74) is 2.10. The molecule has 1 N–H and O–H groups in total. The molecule has 2 rings (SSSR count). The van der Waals surface area contributed by atoms with Crippen LogP contribution in [-0.4, -0.2) is 12.6 Å². The van der Waals surface area contributed by atoms with E-state index >= 15 is 0 Å². The summed E-state index contributed by atoms with van der Waals surface area (Å²) in [6.45, 7) is 7.68. The van der Waals surface area contributed by atoms with Crippen molar-refractivity contribution in [1.29, 1.82) is 0 Å². The Morgan fingerprint density at radius 1 is 1.04 bits per heavy atom. The smallest absolute Gasteiger partial charge is 0.166 e. The van der Waals surface area contributed by atoms with E-state index in [-0.39, 0.29) is 17.9 Å². The Bertz CT molecular complexity index is 674. The van der Waals surface area contributed by atoms with E-state index in [0.717, 1.165) is 35.6 Å². The van der Waals surface area contributed by atoms with E-state index in [1.165, 1.54) is 0 Å². The second-order valence-corrected chi connectivity index (χ2v) is 6.83. The zero-order chi connectivity index (χ0) is 17.6. The maximum Gasteiger partial charge on any atom is 0.166 e. The van der Waals surface area contributed by atoms with Crippen LogP contribution in [0.15, 0.2) is 42.5 Å². The van der Waals surface area contributed by atoms with Crippen LogP contribution >= 0.6 is 24.0 Å². The van der Waals surface area contributed by atoms with Crippen molar-refractivity contribution in [3.8, 4) is 11.5 Å². The molecular weight excluding hydrogens is 357 g/mol. The number of rotatable bonds is 8. The van der Waals surface area contributed by atoms with E-state index in [1.807, 2.05) is 36.4 Å². The van der Waals surface area contributed by atoms with E-state index < -0.39 is 0 Å². The summed E-state index contributed by atoms with van der Waals surface area (Å²) in [5.74, 6) is 1.50. The van der Waals surface area contributed by atoms with Gasteiger partial charge in [0, 0.05) is 28.2 Å². The molecule has 3 nitrogen and oxygen atoms in total. The quantitative estimate of drug-likeness (QED) is 0.640. The lowest BCUT2D eigenvalue weighted by molar-refractivity contribution is 0.278. The number of ether oxygens (including phenoxy) is 2. The molecule has 0 aliphatic rings. The summed E-state index contributed by atoms with van der Waals surface area (Å²) in [4.78, 5) is 0. The van der Waals surface area contributed by atoms with Crippen molar-refractivity contribution in [2.75, 3.05) is 7.11 Å². The molecule has 0 fully saturated rings. The van der Waals surface area contributed by atoms with Crippen LogP contribution in [0.2, 0.25) is 5.02 Å². The van der Waals surface area contributed by atoms with Gasteiger partial charge in [-0.1, -0.05) is 48.9 Å². The van der Waals surface area contributed by atoms with Gasteiger partial charge in [-0.15, -0.1) is 12.4 Å². The van der Waals surface area contributed by atoms with Crippen molar-refractivity contribution >= 4 is 24.0 Å². The number of halogens is 2. The van der Waals surface area contributed by atoms with Crippen LogP contribution in [0.5, 0.6) is 11.5 Å². The molecule has 0 saturated carbocycles. The van der Waals surface area contributed by atoms with Gasteiger partial charge in [-0.3, -0.25) is 0 Å². The minimum Gasteiger partial charge on any atom is -0.493 e. The Kier molecular flexibility index (Phi) is 8.57. The normalized spacial score (nSPS) is 10.9. The predicted octanol–water partition coefficient (Wildman–Crippen LogP) is 5.63. The predicted molar refractivity (Wildman–Crippen MR) is 107 cm³/mol. The average Bonchev–Trinajstić information content (AvgIpc) is 2.59. The lowest BCUT2D eigenvalue weighted by Crippen LogP contribution is -2.37. The second-order valence-electron chi connectivity index (χ2n) is 6.42. The molecule has 0 saturated heterocycles. The zero-order valence-corrected chi connectivity index (χ0v) is 16.8. The summed E-state index contributed by atoms with van der Waals surface area (Å²) in [6, 6.07) is 13.7. The fourth-order valence-corrected chi connectivity index (χ4v) is 2.44. The van der Waals surface area contributed by atoms with E-state index in [0.29, 0.717) is 11.6 Å². The molecule has 0 heterocycles. The zero-order valence-electron chi connectivity index (χ0n) is 15.3. The van der Waals surface area contributed by atoms with Gasteiger partial charge in [0.05, 0.1) is 7.11 Å². The van der Waals surface area contributed by atoms with E-state index in [1.54, 1.807) is 7.11 Å². The fourth-order valence-electron chi connectivity index (χ4n) is 2.25. The number of nitrogens with one attached hydrogen (secondary N) is 1. The molecule has 0 amide bonds. The molecule has 5 heteroatoms. The maximum atomic E-state index is 6.22. The standard InChI is InChI=1S/C20H26ClNO2.ClH/c1-5-20(2,3)22-13-15-10-8-12-18(23-4)19(15)24-14-16-9-6-7-11-17(16)21;/h6-12,22H,5,13-14H2,1-4H3;1H. The molecule has 0 unspecified atom stereocenters. The maximum absolute atomic E-state index is 6.22. The van der Waals surface area contributed by atoms with Gasteiger partial charge in [-0.2, -0.15) is 0 Å². The van der Waals surface area contributed by atoms with E-state index in [9.17, 15) is 0 Å². The number of hydrogen-bond donors (Lipinski definition) is 1. The molecule has 0 radical (unpaired) electrons. The number of para-hydroxylation sites is 1. The number of benzene rings is 2. The molecule has 2 aromatic carbocycles. The molecule has 0 spiro atoms. The molecular formula is C20H27Cl2NO2. The van der Waals surface area contributed by atoms with Crippen LogP contribution in [0, 0.1) is 0 Å². The highest BCUT2D eigenvalue weighted by Gasteiger charge is 2.17. The number of methoxy groups -OCH3 is 1. The third-order valence-corrected chi connectivity index (χ3v) is 4.62. The summed E-state index contributed by atoms with van der Waals surface area (Å²) in [6.07, 6.45) is 1.05. The topological polar surface area (TPSA) is 30.5 Å². The number of hydrogen-bond acceptors (Lipinski definition) is 3. The molecule has 0 atom stereocenters. The van der Waals surface area contributed by atoms with Crippen molar-refractivity contribution in [1.82, 2.24) is 5.32 Å². The van der Waals surface area contributed by atoms with Crippen LogP contribution in [0.25, 0.3) is 0 Å². The average molecular weight is 384 g/mol. The molecule has 25 heavy (non-hydrogen) atoms. The van der Waals surface area contributed by atoms with Crippen molar-refractivity contribution < 1.29 is 9.47 Å². The molecule has 2 aromatic rings. The Balaban J connectivity index is 0.00000312. The molecule has 138 valence electrons. The summed E-state index contributed by atoms with van der Waals surface area (Å²) >= 11 is 6.22. The van der Waals surface area contributed by atoms with Gasteiger partial charge in [0.1, 0.15) is 6.61 Å². The largest absolute Gasteiger partial charge is 0.493 e. The van der Waals surface area contributed by atoms with Gasteiger partial charge in [0.15, 0.2) is 11.5 Å². The van der Waals surface area contributed by atoms with Gasteiger partial charge >= 0.3 is 0 Å². The Morgan fingerprint density at radius 2 is 1.72 bits per heavy atom. The Morgan fingerprint density at radius 3 is 2.36 bits per heavy atom. The highest BCUT2D eigenvalue weighted by molar-refractivity contribution is 6.31. The molecule has 0 aliphatic heterocycles. The van der Waals surface area contributed by atoms with Crippen molar-refractivity contribution in [2.24, 2.45) is 0 Å². The Labute approximate surface area is 162 Å². The second kappa shape index (κ2) is 9.91.